The smallest absolute Gasteiger partial charge is 0.0593 e. The molecule has 0 aliphatic carbocycles. The zero-order valence-corrected chi connectivity index (χ0v) is 9.12. The molecule has 2 heteroatoms. The molecule has 1 aliphatic rings. The highest BCUT2D eigenvalue weighted by Crippen LogP contribution is 2.17. The van der Waals surface area contributed by atoms with Gasteiger partial charge in [0.05, 0.1) is 6.10 Å². The van der Waals surface area contributed by atoms with E-state index in [1.807, 2.05) is 0 Å². The van der Waals surface area contributed by atoms with Gasteiger partial charge >= 0.3 is 0 Å². The van der Waals surface area contributed by atoms with Crippen molar-refractivity contribution in [2.75, 3.05) is 6.61 Å². The number of aromatic nitrogens is 1. The highest BCUT2D eigenvalue weighted by atomic mass is 16.5. The molecule has 2 nitrogen and oxygen atoms in total. The number of ether oxygens (including phenoxy) is 1. The van der Waals surface area contributed by atoms with Crippen LogP contribution < -0.4 is 0 Å². The molecule has 1 aromatic heterocycles. The molecule has 78 valence electrons. The first kappa shape index (κ1) is 9.78. The summed E-state index contributed by atoms with van der Waals surface area (Å²) in [7, 11) is 0. The van der Waals surface area contributed by atoms with Crippen molar-refractivity contribution in [3.8, 4) is 0 Å². The van der Waals surface area contributed by atoms with Crippen molar-refractivity contribution < 1.29 is 4.74 Å². The van der Waals surface area contributed by atoms with Crippen LogP contribution in [0.1, 0.15) is 30.7 Å². The molecule has 0 bridgehead atoms. The maximum atomic E-state index is 5.62. The Morgan fingerprint density at radius 3 is 2.64 bits per heavy atom. The molecule has 0 aromatic carbocycles. The Morgan fingerprint density at radius 1 is 1.36 bits per heavy atom. The van der Waals surface area contributed by atoms with Crippen molar-refractivity contribution in [2.24, 2.45) is 0 Å². The summed E-state index contributed by atoms with van der Waals surface area (Å²) in [5.74, 6) is 0. The van der Waals surface area contributed by atoms with Crippen LogP contribution >= 0.6 is 0 Å². The molecular weight excluding hydrogens is 174 g/mol. The van der Waals surface area contributed by atoms with Gasteiger partial charge < -0.3 is 9.30 Å². The minimum absolute atomic E-state index is 0.510. The second-order valence-electron chi connectivity index (χ2n) is 4.19. The van der Waals surface area contributed by atoms with E-state index in [0.717, 1.165) is 19.6 Å². The quantitative estimate of drug-likeness (QED) is 0.720. The summed E-state index contributed by atoms with van der Waals surface area (Å²) in [4.78, 5) is 0. The van der Waals surface area contributed by atoms with E-state index in [0.29, 0.717) is 6.10 Å². The first-order valence-electron chi connectivity index (χ1n) is 5.51. The lowest BCUT2D eigenvalue weighted by Crippen LogP contribution is -2.11. The summed E-state index contributed by atoms with van der Waals surface area (Å²) >= 11 is 0. The topological polar surface area (TPSA) is 14.2 Å². The van der Waals surface area contributed by atoms with Crippen LogP contribution in [0.15, 0.2) is 12.1 Å². The Bertz CT molecular complexity index is 278. The van der Waals surface area contributed by atoms with E-state index in [4.69, 9.17) is 4.74 Å². The second kappa shape index (κ2) is 4.18. The summed E-state index contributed by atoms with van der Waals surface area (Å²) in [6.45, 7) is 6.41. The van der Waals surface area contributed by atoms with Gasteiger partial charge in [0, 0.05) is 24.5 Å². The standard InChI is InChI=1S/C12H19NO/c1-10-5-6-11(2)13(10)8-7-12-4-3-9-14-12/h5-6,12H,3-4,7-9H2,1-2H3. The van der Waals surface area contributed by atoms with E-state index in [9.17, 15) is 0 Å². The fourth-order valence-corrected chi connectivity index (χ4v) is 2.20. The van der Waals surface area contributed by atoms with E-state index < -0.39 is 0 Å². The molecule has 1 saturated heterocycles. The van der Waals surface area contributed by atoms with E-state index in [-0.39, 0.29) is 0 Å². The Morgan fingerprint density at radius 2 is 2.07 bits per heavy atom. The predicted molar refractivity (Wildman–Crippen MR) is 57.5 cm³/mol. The first-order chi connectivity index (χ1) is 6.77. The van der Waals surface area contributed by atoms with Crippen LogP contribution in [0.4, 0.5) is 0 Å². The lowest BCUT2D eigenvalue weighted by Gasteiger charge is -2.12. The average Bonchev–Trinajstić information content (AvgIpc) is 2.76. The van der Waals surface area contributed by atoms with Crippen molar-refractivity contribution >= 4 is 0 Å². The molecule has 0 radical (unpaired) electrons. The molecule has 1 aromatic rings. The summed E-state index contributed by atoms with van der Waals surface area (Å²) in [5.41, 5.74) is 2.72. The Hall–Kier alpha value is -0.760. The molecule has 0 spiro atoms. The summed E-state index contributed by atoms with van der Waals surface area (Å²) in [5, 5.41) is 0. The third kappa shape index (κ3) is 2.01. The van der Waals surface area contributed by atoms with Gasteiger partial charge in [-0.15, -0.1) is 0 Å². The van der Waals surface area contributed by atoms with E-state index in [2.05, 4.69) is 30.5 Å². The Balaban J connectivity index is 1.90. The molecule has 1 unspecified atom stereocenters. The van der Waals surface area contributed by atoms with E-state index in [1.54, 1.807) is 0 Å². The number of hydrogen-bond donors (Lipinski definition) is 0. The Kier molecular flexibility index (Phi) is 2.92. The van der Waals surface area contributed by atoms with Crippen LogP contribution in [-0.2, 0) is 11.3 Å². The van der Waals surface area contributed by atoms with Crippen LogP contribution in [0, 0.1) is 13.8 Å². The van der Waals surface area contributed by atoms with Crippen molar-refractivity contribution in [1.82, 2.24) is 4.57 Å². The van der Waals surface area contributed by atoms with Gasteiger partial charge in [0.1, 0.15) is 0 Å². The number of nitrogens with zero attached hydrogens (tertiary/aromatic N) is 1. The van der Waals surface area contributed by atoms with Gasteiger partial charge in [0.15, 0.2) is 0 Å². The number of hydrogen-bond acceptors (Lipinski definition) is 1. The summed E-state index contributed by atoms with van der Waals surface area (Å²) < 4.78 is 7.99. The second-order valence-corrected chi connectivity index (χ2v) is 4.19. The third-order valence-corrected chi connectivity index (χ3v) is 3.12. The van der Waals surface area contributed by atoms with Crippen molar-refractivity contribution in [3.05, 3.63) is 23.5 Å². The molecular formula is C12H19NO. The lowest BCUT2D eigenvalue weighted by atomic mass is 10.2. The largest absolute Gasteiger partial charge is 0.378 e. The highest BCUT2D eigenvalue weighted by Gasteiger charge is 2.15. The molecule has 0 N–H and O–H groups in total. The highest BCUT2D eigenvalue weighted by molar-refractivity contribution is 5.13. The molecule has 2 heterocycles. The van der Waals surface area contributed by atoms with E-state index in [1.165, 1.54) is 24.2 Å². The van der Waals surface area contributed by atoms with Gasteiger partial charge in [-0.1, -0.05) is 0 Å². The number of aryl methyl sites for hydroxylation is 2. The minimum atomic E-state index is 0.510. The fraction of sp³-hybridized carbons (Fsp3) is 0.667. The molecule has 1 atom stereocenters. The molecule has 14 heavy (non-hydrogen) atoms. The molecule has 0 saturated carbocycles. The minimum Gasteiger partial charge on any atom is -0.378 e. The fourth-order valence-electron chi connectivity index (χ4n) is 2.20. The van der Waals surface area contributed by atoms with E-state index >= 15 is 0 Å². The van der Waals surface area contributed by atoms with Gasteiger partial charge in [-0.05, 0) is 45.2 Å². The van der Waals surface area contributed by atoms with Gasteiger partial charge in [-0.25, -0.2) is 0 Å². The summed E-state index contributed by atoms with van der Waals surface area (Å²) in [6.07, 6.45) is 4.17. The Labute approximate surface area is 85.9 Å². The maximum absolute atomic E-state index is 5.62. The zero-order chi connectivity index (χ0) is 9.97. The molecule has 1 aliphatic heterocycles. The molecule has 0 amide bonds. The van der Waals surface area contributed by atoms with Gasteiger partial charge in [0.25, 0.3) is 0 Å². The van der Waals surface area contributed by atoms with Crippen molar-refractivity contribution in [1.29, 1.82) is 0 Å². The average molecular weight is 193 g/mol. The van der Waals surface area contributed by atoms with Crippen LogP contribution in [0.3, 0.4) is 0 Å². The van der Waals surface area contributed by atoms with Crippen molar-refractivity contribution in [2.45, 2.75) is 45.8 Å². The monoisotopic (exact) mass is 193 g/mol. The predicted octanol–water partition coefficient (Wildman–Crippen LogP) is 2.67. The third-order valence-electron chi connectivity index (χ3n) is 3.12. The molecule has 1 fully saturated rings. The summed E-state index contributed by atoms with van der Waals surface area (Å²) in [6, 6.07) is 4.37. The number of rotatable bonds is 3. The lowest BCUT2D eigenvalue weighted by molar-refractivity contribution is 0.100. The van der Waals surface area contributed by atoms with Crippen LogP contribution in [0.2, 0.25) is 0 Å². The normalized spacial score (nSPS) is 21.7. The van der Waals surface area contributed by atoms with Crippen molar-refractivity contribution in [3.63, 3.8) is 0 Å². The van der Waals surface area contributed by atoms with Crippen LogP contribution in [0.25, 0.3) is 0 Å². The van der Waals surface area contributed by atoms with Gasteiger partial charge in [-0.2, -0.15) is 0 Å². The SMILES string of the molecule is Cc1ccc(C)n1CCC1CCCO1. The maximum Gasteiger partial charge on any atom is 0.0593 e. The first-order valence-corrected chi connectivity index (χ1v) is 5.51. The molecule has 2 rings (SSSR count). The zero-order valence-electron chi connectivity index (χ0n) is 9.12. The van der Waals surface area contributed by atoms with Gasteiger partial charge in [0.2, 0.25) is 0 Å². The van der Waals surface area contributed by atoms with Crippen LogP contribution in [0.5, 0.6) is 0 Å². The van der Waals surface area contributed by atoms with Crippen LogP contribution in [-0.4, -0.2) is 17.3 Å². The van der Waals surface area contributed by atoms with Gasteiger partial charge in [-0.3, -0.25) is 0 Å².